The van der Waals surface area contributed by atoms with Gasteiger partial charge >= 0.3 is 5.97 Å². The number of aromatic carboxylic acids is 1. The highest BCUT2D eigenvalue weighted by Crippen LogP contribution is 2.35. The summed E-state index contributed by atoms with van der Waals surface area (Å²) in [5, 5.41) is 12.1. The number of carboxylic acids is 1. The summed E-state index contributed by atoms with van der Waals surface area (Å²) in [5.41, 5.74) is 4.76. The van der Waals surface area contributed by atoms with Gasteiger partial charge in [-0.15, -0.1) is 0 Å². The topological polar surface area (TPSA) is 88.8 Å². The number of imide groups is 1. The van der Waals surface area contributed by atoms with Crippen LogP contribution in [0.25, 0.3) is 27.8 Å². The molecule has 1 fully saturated rings. The molecule has 2 amide bonds. The molecule has 7 nitrogen and oxygen atoms in total. The lowest BCUT2D eigenvalue weighted by Gasteiger charge is -2.13. The predicted molar refractivity (Wildman–Crippen MR) is 181 cm³/mol. The Hall–Kier alpha value is -5.60. The Balaban J connectivity index is 1.21. The van der Waals surface area contributed by atoms with Crippen LogP contribution >= 0.6 is 11.8 Å². The van der Waals surface area contributed by atoms with Crippen LogP contribution in [0.15, 0.2) is 126 Å². The van der Waals surface area contributed by atoms with Crippen LogP contribution in [0, 0.1) is 0 Å². The van der Waals surface area contributed by atoms with E-state index in [2.05, 4.69) is 34.9 Å². The minimum Gasteiger partial charge on any atom is -0.489 e. The van der Waals surface area contributed by atoms with E-state index in [1.165, 1.54) is 17.0 Å². The lowest BCUT2D eigenvalue weighted by atomic mass is 10.1. The summed E-state index contributed by atoms with van der Waals surface area (Å²) < 4.78 is 8.26. The molecule has 0 aliphatic carbocycles. The third-order valence-electron chi connectivity index (χ3n) is 8.00. The zero-order valence-electron chi connectivity index (χ0n) is 24.6. The Morgan fingerprint density at radius 1 is 0.717 bits per heavy atom. The molecule has 0 radical (unpaired) electrons. The molecular weight excluding hydrogens is 596 g/mol. The van der Waals surface area contributed by atoms with Crippen LogP contribution in [0.5, 0.6) is 5.75 Å². The molecule has 1 saturated heterocycles. The molecule has 1 aromatic heterocycles. The Bertz CT molecular complexity index is 2150. The molecular formula is C38H28N2O5S. The largest absolute Gasteiger partial charge is 0.489 e. The molecule has 0 atom stereocenters. The van der Waals surface area contributed by atoms with E-state index in [0.717, 1.165) is 56.0 Å². The van der Waals surface area contributed by atoms with Crippen molar-refractivity contribution in [3.63, 3.8) is 0 Å². The van der Waals surface area contributed by atoms with Crippen LogP contribution in [0.4, 0.5) is 4.79 Å². The number of carbonyl (C=O) groups is 3. The van der Waals surface area contributed by atoms with Gasteiger partial charge in [-0.2, -0.15) is 0 Å². The van der Waals surface area contributed by atoms with Crippen molar-refractivity contribution in [3.8, 4) is 5.75 Å². The number of carboxylic acid groups (broad SMARTS) is 1. The van der Waals surface area contributed by atoms with E-state index in [0.29, 0.717) is 23.6 Å². The molecule has 46 heavy (non-hydrogen) atoms. The zero-order valence-corrected chi connectivity index (χ0v) is 25.4. The number of fused-ring (bicyclic) bond motifs is 2. The minimum atomic E-state index is -1.03. The van der Waals surface area contributed by atoms with Gasteiger partial charge in [-0.25, -0.2) is 4.79 Å². The second kappa shape index (κ2) is 12.4. The van der Waals surface area contributed by atoms with Gasteiger partial charge in [0.05, 0.1) is 17.0 Å². The fraction of sp³-hybridized carbons (Fsp3) is 0.0789. The highest BCUT2D eigenvalue weighted by atomic mass is 32.2. The highest BCUT2D eigenvalue weighted by Gasteiger charge is 2.35. The van der Waals surface area contributed by atoms with Gasteiger partial charge in [-0.3, -0.25) is 14.5 Å². The fourth-order valence-electron chi connectivity index (χ4n) is 5.62. The van der Waals surface area contributed by atoms with Gasteiger partial charge in [0, 0.05) is 23.1 Å². The van der Waals surface area contributed by atoms with Crippen molar-refractivity contribution in [2.75, 3.05) is 0 Å². The van der Waals surface area contributed by atoms with Crippen molar-refractivity contribution in [1.82, 2.24) is 9.47 Å². The number of aromatic nitrogens is 1. The van der Waals surface area contributed by atoms with E-state index in [9.17, 15) is 19.5 Å². The lowest BCUT2D eigenvalue weighted by molar-refractivity contribution is -0.123. The second-order valence-corrected chi connectivity index (χ2v) is 12.1. The summed E-state index contributed by atoms with van der Waals surface area (Å²) in [6.45, 7) is 1.07. The SMILES string of the molecule is O=C(O)c1ccc(CN2C(=O)S/C(=C/c3cc4cc(OCc5ccccc5)ccc4n3Cc3ccc4ccccc4c3)C2=O)cc1. The first-order valence-corrected chi connectivity index (χ1v) is 15.6. The van der Waals surface area contributed by atoms with Crippen molar-refractivity contribution in [2.24, 2.45) is 0 Å². The zero-order chi connectivity index (χ0) is 31.6. The van der Waals surface area contributed by atoms with Crippen LogP contribution in [-0.2, 0) is 24.5 Å². The number of carbonyl (C=O) groups excluding carboxylic acids is 2. The molecule has 2 heterocycles. The maximum atomic E-state index is 13.5. The Labute approximate surface area is 269 Å². The molecule has 6 aromatic rings. The van der Waals surface area contributed by atoms with Crippen molar-refractivity contribution < 1.29 is 24.2 Å². The first-order valence-electron chi connectivity index (χ1n) is 14.8. The van der Waals surface area contributed by atoms with E-state index >= 15 is 0 Å². The standard InChI is InChI=1S/C38H28N2O5S/c41-36-35(46-38(44)40(36)22-25-10-14-29(15-11-25)37(42)43)21-32-19-31-20-33(45-24-26-6-2-1-3-7-26)16-17-34(31)39(32)23-27-12-13-28-8-4-5-9-30(28)18-27/h1-21H,22-24H2,(H,42,43)/b35-21+. The molecule has 0 bridgehead atoms. The number of ether oxygens (including phenoxy) is 1. The van der Waals surface area contributed by atoms with Crippen molar-refractivity contribution >= 4 is 56.6 Å². The average Bonchev–Trinajstić information content (AvgIpc) is 3.54. The van der Waals surface area contributed by atoms with Crippen LogP contribution < -0.4 is 4.74 Å². The monoisotopic (exact) mass is 624 g/mol. The van der Waals surface area contributed by atoms with E-state index in [4.69, 9.17) is 4.74 Å². The number of hydrogen-bond acceptors (Lipinski definition) is 5. The summed E-state index contributed by atoms with van der Waals surface area (Å²) in [7, 11) is 0. The van der Waals surface area contributed by atoms with Gasteiger partial charge in [0.25, 0.3) is 11.1 Å². The number of amides is 2. The van der Waals surface area contributed by atoms with Gasteiger partial charge in [0.1, 0.15) is 12.4 Å². The lowest BCUT2D eigenvalue weighted by Crippen LogP contribution is -2.27. The third kappa shape index (κ3) is 6.03. The fourth-order valence-corrected chi connectivity index (χ4v) is 6.45. The Kier molecular flexibility index (Phi) is 7.86. The third-order valence-corrected chi connectivity index (χ3v) is 8.91. The maximum Gasteiger partial charge on any atom is 0.335 e. The number of thioether (sulfide) groups is 1. The number of hydrogen-bond donors (Lipinski definition) is 1. The summed E-state index contributed by atoms with van der Waals surface area (Å²) in [6, 6.07) is 38.8. The molecule has 5 aromatic carbocycles. The number of benzene rings is 5. The summed E-state index contributed by atoms with van der Waals surface area (Å²) in [4.78, 5) is 39.2. The van der Waals surface area contributed by atoms with E-state index in [-0.39, 0.29) is 23.3 Å². The molecule has 0 unspecified atom stereocenters. The van der Waals surface area contributed by atoms with Crippen LogP contribution in [0.2, 0.25) is 0 Å². The molecule has 7 rings (SSSR count). The van der Waals surface area contributed by atoms with Gasteiger partial charge in [-0.1, -0.05) is 78.9 Å². The average molecular weight is 625 g/mol. The summed E-state index contributed by atoms with van der Waals surface area (Å²) >= 11 is 0.906. The smallest absolute Gasteiger partial charge is 0.335 e. The molecule has 0 saturated carbocycles. The Morgan fingerprint density at radius 3 is 2.24 bits per heavy atom. The van der Waals surface area contributed by atoms with Crippen molar-refractivity contribution in [2.45, 2.75) is 19.7 Å². The van der Waals surface area contributed by atoms with Gasteiger partial charge in [-0.05, 0) is 87.8 Å². The quantitative estimate of drug-likeness (QED) is 0.163. The van der Waals surface area contributed by atoms with Crippen LogP contribution in [-0.4, -0.2) is 31.7 Å². The minimum absolute atomic E-state index is 0.0596. The van der Waals surface area contributed by atoms with Gasteiger partial charge < -0.3 is 14.4 Å². The summed E-state index contributed by atoms with van der Waals surface area (Å²) in [5.74, 6) is -0.679. The van der Waals surface area contributed by atoms with Gasteiger partial charge in [0.15, 0.2) is 0 Å². The molecule has 226 valence electrons. The van der Waals surface area contributed by atoms with Gasteiger partial charge in [0.2, 0.25) is 0 Å². The second-order valence-electron chi connectivity index (χ2n) is 11.1. The summed E-state index contributed by atoms with van der Waals surface area (Å²) in [6.07, 6.45) is 1.78. The molecule has 1 aliphatic rings. The maximum absolute atomic E-state index is 13.5. The first-order chi connectivity index (χ1) is 22.4. The first kappa shape index (κ1) is 29.1. The molecule has 0 spiro atoms. The van der Waals surface area contributed by atoms with Crippen molar-refractivity contribution in [3.05, 3.63) is 154 Å². The highest BCUT2D eigenvalue weighted by molar-refractivity contribution is 8.18. The van der Waals surface area contributed by atoms with E-state index < -0.39 is 5.97 Å². The normalized spacial score (nSPS) is 14.1. The van der Waals surface area contributed by atoms with Crippen LogP contribution in [0.1, 0.15) is 32.7 Å². The number of rotatable bonds is 9. The molecule has 1 aliphatic heterocycles. The van der Waals surface area contributed by atoms with Crippen LogP contribution in [0.3, 0.4) is 0 Å². The van der Waals surface area contributed by atoms with E-state index in [1.807, 2.05) is 66.7 Å². The predicted octanol–water partition coefficient (Wildman–Crippen LogP) is 8.36. The molecule has 1 N–H and O–H groups in total. The number of nitrogens with zero attached hydrogens (tertiary/aromatic N) is 2. The van der Waals surface area contributed by atoms with E-state index in [1.54, 1.807) is 18.2 Å². The van der Waals surface area contributed by atoms with Crippen molar-refractivity contribution in [1.29, 1.82) is 0 Å². The molecule has 8 heteroatoms. The Morgan fingerprint density at radius 2 is 1.46 bits per heavy atom.